The van der Waals surface area contributed by atoms with Crippen molar-refractivity contribution in [2.75, 3.05) is 16.3 Å². The average molecular weight is 328 g/mol. The van der Waals surface area contributed by atoms with E-state index >= 15 is 0 Å². The van der Waals surface area contributed by atoms with Gasteiger partial charge in [-0.15, -0.1) is 0 Å². The second-order valence-electron chi connectivity index (χ2n) is 6.03. The molecule has 126 valence electrons. The molecule has 2 aromatic rings. The lowest BCUT2D eigenvalue weighted by Crippen LogP contribution is -2.28. The molecule has 0 saturated heterocycles. The summed E-state index contributed by atoms with van der Waals surface area (Å²) in [5.41, 5.74) is 2.53. The van der Waals surface area contributed by atoms with Crippen LogP contribution in [0.15, 0.2) is 48.5 Å². The average Bonchev–Trinajstić information content (AvgIpc) is 3.40. The molecule has 1 N–H and O–H groups in total. The fourth-order valence-corrected chi connectivity index (χ4v) is 2.90. The van der Waals surface area contributed by atoms with Gasteiger partial charge in [-0.05, 0) is 61.7 Å². The Labute approximate surface area is 141 Å². The predicted molar refractivity (Wildman–Crippen MR) is 93.1 cm³/mol. The Hall–Kier alpha value is -2.56. The number of carboxylic acid groups (broad SMARTS) is 1. The molecule has 24 heavy (non-hydrogen) atoms. The van der Waals surface area contributed by atoms with Gasteiger partial charge in [-0.3, -0.25) is 4.90 Å². The Morgan fingerprint density at radius 1 is 1.08 bits per heavy atom. The molecule has 0 atom stereocenters. The predicted octanol–water partition coefficient (Wildman–Crippen LogP) is 4.50. The van der Waals surface area contributed by atoms with E-state index < -0.39 is 6.09 Å². The summed E-state index contributed by atoms with van der Waals surface area (Å²) in [7, 11) is 0. The summed E-state index contributed by atoms with van der Waals surface area (Å²) in [6, 6.07) is 14.1. The highest BCUT2D eigenvalue weighted by Gasteiger charge is 2.28. The molecule has 1 fully saturated rings. The molecule has 0 heterocycles. The van der Waals surface area contributed by atoms with E-state index in [0.717, 1.165) is 12.1 Å². The van der Waals surface area contributed by atoms with Crippen LogP contribution in [0.1, 0.15) is 25.3 Å². The maximum absolute atomic E-state index is 13.0. The van der Waals surface area contributed by atoms with Crippen LogP contribution in [0.3, 0.4) is 0 Å². The fourth-order valence-electron chi connectivity index (χ4n) is 2.90. The number of hydrogen-bond acceptors (Lipinski definition) is 2. The molecule has 0 spiro atoms. The number of hydrogen-bond donors (Lipinski definition) is 1. The van der Waals surface area contributed by atoms with E-state index in [1.54, 1.807) is 0 Å². The van der Waals surface area contributed by atoms with Crippen molar-refractivity contribution in [3.63, 3.8) is 0 Å². The first-order valence-corrected chi connectivity index (χ1v) is 8.20. The Kier molecular flexibility index (Phi) is 4.69. The molecule has 5 heteroatoms. The van der Waals surface area contributed by atoms with E-state index in [1.807, 2.05) is 24.3 Å². The Bertz CT molecular complexity index is 696. The van der Waals surface area contributed by atoms with Crippen molar-refractivity contribution in [2.45, 2.75) is 32.4 Å². The van der Waals surface area contributed by atoms with E-state index in [0.29, 0.717) is 11.7 Å². The summed E-state index contributed by atoms with van der Waals surface area (Å²) >= 11 is 0. The highest BCUT2D eigenvalue weighted by atomic mass is 19.1. The van der Waals surface area contributed by atoms with E-state index in [4.69, 9.17) is 0 Å². The van der Waals surface area contributed by atoms with Gasteiger partial charge in [-0.2, -0.15) is 0 Å². The van der Waals surface area contributed by atoms with Crippen LogP contribution in [0.4, 0.5) is 20.6 Å². The summed E-state index contributed by atoms with van der Waals surface area (Å²) in [6.45, 7) is 3.35. The molecule has 1 amide bonds. The number of rotatable bonds is 6. The lowest BCUT2D eigenvalue weighted by molar-refractivity contribution is 0.201. The number of amides is 1. The van der Waals surface area contributed by atoms with Gasteiger partial charge >= 0.3 is 6.09 Å². The zero-order valence-electron chi connectivity index (χ0n) is 13.7. The van der Waals surface area contributed by atoms with Gasteiger partial charge in [0, 0.05) is 24.0 Å². The van der Waals surface area contributed by atoms with E-state index in [9.17, 15) is 14.3 Å². The van der Waals surface area contributed by atoms with Crippen LogP contribution in [0.5, 0.6) is 0 Å². The minimum Gasteiger partial charge on any atom is -0.465 e. The minimum atomic E-state index is -1.06. The van der Waals surface area contributed by atoms with Gasteiger partial charge in [0.2, 0.25) is 0 Å². The maximum atomic E-state index is 13.0. The van der Waals surface area contributed by atoms with Gasteiger partial charge in [0.1, 0.15) is 5.82 Å². The van der Waals surface area contributed by atoms with Crippen molar-refractivity contribution in [3.05, 3.63) is 59.9 Å². The van der Waals surface area contributed by atoms with Gasteiger partial charge < -0.3 is 10.0 Å². The highest BCUT2D eigenvalue weighted by Crippen LogP contribution is 2.31. The first-order valence-electron chi connectivity index (χ1n) is 8.20. The first kappa shape index (κ1) is 16.3. The summed E-state index contributed by atoms with van der Waals surface area (Å²) in [4.78, 5) is 15.1. The quantitative estimate of drug-likeness (QED) is 0.849. The zero-order chi connectivity index (χ0) is 17.1. The third kappa shape index (κ3) is 3.67. The van der Waals surface area contributed by atoms with Crippen molar-refractivity contribution < 1.29 is 14.3 Å². The molecule has 1 saturated carbocycles. The van der Waals surface area contributed by atoms with Gasteiger partial charge in [-0.1, -0.05) is 12.1 Å². The van der Waals surface area contributed by atoms with Crippen LogP contribution in [-0.4, -0.2) is 23.8 Å². The summed E-state index contributed by atoms with van der Waals surface area (Å²) < 4.78 is 13.0. The second kappa shape index (κ2) is 6.91. The maximum Gasteiger partial charge on any atom is 0.412 e. The monoisotopic (exact) mass is 328 g/mol. The molecule has 1 aliphatic rings. The van der Waals surface area contributed by atoms with Crippen molar-refractivity contribution in [1.29, 1.82) is 0 Å². The van der Waals surface area contributed by atoms with Gasteiger partial charge in [-0.25, -0.2) is 9.18 Å². The molecule has 4 nitrogen and oxygen atoms in total. The Balaban J connectivity index is 1.75. The Morgan fingerprint density at radius 3 is 2.17 bits per heavy atom. The van der Waals surface area contributed by atoms with Crippen molar-refractivity contribution in [1.82, 2.24) is 0 Å². The Morgan fingerprint density at radius 2 is 1.67 bits per heavy atom. The topological polar surface area (TPSA) is 43.8 Å². The molecule has 0 aromatic heterocycles. The molecule has 0 bridgehead atoms. The SMILES string of the molecule is CCN(c1ccc(CN(C(=O)O)c2ccc(F)cc2)cc1)C1CC1. The van der Waals surface area contributed by atoms with E-state index in [1.165, 1.54) is 47.7 Å². The third-order valence-electron chi connectivity index (χ3n) is 4.31. The van der Waals surface area contributed by atoms with Crippen LogP contribution >= 0.6 is 0 Å². The molecule has 0 unspecified atom stereocenters. The molecule has 0 aliphatic heterocycles. The number of benzene rings is 2. The van der Waals surface area contributed by atoms with Gasteiger partial charge in [0.15, 0.2) is 0 Å². The first-order chi connectivity index (χ1) is 11.6. The van der Waals surface area contributed by atoms with Crippen molar-refractivity contribution >= 4 is 17.5 Å². The molecule has 3 rings (SSSR count). The van der Waals surface area contributed by atoms with Gasteiger partial charge in [0.05, 0.1) is 6.54 Å². The zero-order valence-corrected chi connectivity index (χ0v) is 13.7. The van der Waals surface area contributed by atoms with Crippen molar-refractivity contribution in [2.24, 2.45) is 0 Å². The second-order valence-corrected chi connectivity index (χ2v) is 6.03. The fraction of sp³-hybridized carbons (Fsp3) is 0.316. The lowest BCUT2D eigenvalue weighted by Gasteiger charge is -2.24. The number of anilines is 2. The number of carbonyl (C=O) groups is 1. The van der Waals surface area contributed by atoms with Crippen LogP contribution in [0.2, 0.25) is 0 Å². The van der Waals surface area contributed by atoms with E-state index in [-0.39, 0.29) is 12.4 Å². The number of nitrogens with zero attached hydrogens (tertiary/aromatic N) is 2. The normalized spacial score (nSPS) is 13.6. The van der Waals surface area contributed by atoms with Crippen LogP contribution in [0, 0.1) is 5.82 Å². The van der Waals surface area contributed by atoms with Crippen molar-refractivity contribution in [3.8, 4) is 0 Å². The molecule has 0 radical (unpaired) electrons. The van der Waals surface area contributed by atoms with Crippen LogP contribution in [0.25, 0.3) is 0 Å². The third-order valence-corrected chi connectivity index (χ3v) is 4.31. The standard InChI is InChI=1S/C19H21FN2O2/c1-2-21(17-11-12-17)16-7-3-14(4-8-16)13-22(19(23)24)18-9-5-15(20)6-10-18/h3-10,17H,2,11-13H2,1H3,(H,23,24). The molecular weight excluding hydrogens is 307 g/mol. The minimum absolute atomic E-state index is 0.233. The largest absolute Gasteiger partial charge is 0.465 e. The smallest absolute Gasteiger partial charge is 0.412 e. The van der Waals surface area contributed by atoms with Gasteiger partial charge in [0.25, 0.3) is 0 Å². The summed E-state index contributed by atoms with van der Waals surface area (Å²) in [5, 5.41) is 9.44. The van der Waals surface area contributed by atoms with Crippen LogP contribution < -0.4 is 9.80 Å². The summed E-state index contributed by atoms with van der Waals surface area (Å²) in [5.74, 6) is -0.381. The number of halogens is 1. The van der Waals surface area contributed by atoms with Crippen LogP contribution in [-0.2, 0) is 6.54 Å². The lowest BCUT2D eigenvalue weighted by atomic mass is 10.1. The molecular formula is C19H21FN2O2. The summed E-state index contributed by atoms with van der Waals surface area (Å²) in [6.07, 6.45) is 1.43. The molecule has 1 aliphatic carbocycles. The van der Waals surface area contributed by atoms with E-state index in [2.05, 4.69) is 11.8 Å². The highest BCUT2D eigenvalue weighted by molar-refractivity contribution is 5.85. The molecule has 2 aromatic carbocycles.